The van der Waals surface area contributed by atoms with Gasteiger partial charge in [0.25, 0.3) is 11.5 Å². The number of carbonyl (C=O) groups excluding carboxylic acids is 1. The molecule has 4 rings (SSSR count). The molecule has 0 saturated carbocycles. The van der Waals surface area contributed by atoms with Crippen LogP contribution in [-0.2, 0) is 0 Å². The van der Waals surface area contributed by atoms with Crippen LogP contribution in [0.4, 0.5) is 5.69 Å². The lowest BCUT2D eigenvalue weighted by Gasteiger charge is -2.36. The molecule has 0 spiro atoms. The van der Waals surface area contributed by atoms with Crippen molar-refractivity contribution in [2.45, 2.75) is 6.92 Å². The molecule has 0 atom stereocenters. The second-order valence-electron chi connectivity index (χ2n) is 7.43. The monoisotopic (exact) mass is 425 g/mol. The maximum atomic E-state index is 12.5. The van der Waals surface area contributed by atoms with Crippen molar-refractivity contribution in [1.82, 2.24) is 20.2 Å². The Labute approximate surface area is 179 Å². The molecule has 1 aliphatic rings. The SMILES string of the molecule is Cc1nccc2[nH]c(=O)c(C(=O)NCCN3CCN(c4cccc(Cl)c4)CC3)cc12. The molecule has 8 heteroatoms. The van der Waals surface area contributed by atoms with E-state index in [1.807, 2.05) is 25.1 Å². The van der Waals surface area contributed by atoms with Gasteiger partial charge in [-0.3, -0.25) is 19.5 Å². The predicted molar refractivity (Wildman–Crippen MR) is 120 cm³/mol. The Balaban J connectivity index is 1.30. The lowest BCUT2D eigenvalue weighted by Crippen LogP contribution is -2.48. The number of hydrogen-bond donors (Lipinski definition) is 2. The first-order chi connectivity index (χ1) is 14.5. The van der Waals surface area contributed by atoms with Gasteiger partial charge in [-0.2, -0.15) is 0 Å². The lowest BCUT2D eigenvalue weighted by molar-refractivity contribution is 0.0946. The average Bonchev–Trinajstić information content (AvgIpc) is 2.74. The number of aryl methyl sites for hydroxylation is 1. The number of fused-ring (bicyclic) bond motifs is 1. The summed E-state index contributed by atoms with van der Waals surface area (Å²) in [6.45, 7) is 6.70. The van der Waals surface area contributed by atoms with E-state index in [0.717, 1.165) is 54.5 Å². The first kappa shape index (κ1) is 20.4. The number of nitrogens with one attached hydrogen (secondary N) is 2. The molecule has 2 aromatic heterocycles. The molecule has 0 bridgehead atoms. The van der Waals surface area contributed by atoms with Crippen molar-refractivity contribution < 1.29 is 4.79 Å². The number of rotatable bonds is 5. The fourth-order valence-electron chi connectivity index (χ4n) is 3.76. The number of carbonyl (C=O) groups is 1. The molecule has 1 aliphatic heterocycles. The Hall–Kier alpha value is -2.90. The topological polar surface area (TPSA) is 81.3 Å². The van der Waals surface area contributed by atoms with Gasteiger partial charge in [0.1, 0.15) is 5.56 Å². The van der Waals surface area contributed by atoms with Crippen LogP contribution in [0.3, 0.4) is 0 Å². The zero-order chi connectivity index (χ0) is 21.1. The zero-order valence-electron chi connectivity index (χ0n) is 16.8. The Morgan fingerprint density at radius 3 is 2.77 bits per heavy atom. The number of aromatic nitrogens is 2. The Morgan fingerprint density at radius 2 is 2.00 bits per heavy atom. The molecule has 3 heterocycles. The van der Waals surface area contributed by atoms with Gasteiger partial charge >= 0.3 is 0 Å². The normalized spacial score (nSPS) is 14.8. The first-order valence-electron chi connectivity index (χ1n) is 10.0. The molecule has 0 radical (unpaired) electrons. The maximum Gasteiger partial charge on any atom is 0.261 e. The Morgan fingerprint density at radius 1 is 1.20 bits per heavy atom. The first-order valence-corrected chi connectivity index (χ1v) is 10.4. The fraction of sp³-hybridized carbons (Fsp3) is 0.318. The number of pyridine rings is 2. The van der Waals surface area contributed by atoms with Gasteiger partial charge in [-0.15, -0.1) is 0 Å². The van der Waals surface area contributed by atoms with Gasteiger partial charge in [0, 0.05) is 67.3 Å². The van der Waals surface area contributed by atoms with Crippen molar-refractivity contribution >= 4 is 34.1 Å². The molecule has 3 aromatic rings. The lowest BCUT2D eigenvalue weighted by atomic mass is 10.1. The van der Waals surface area contributed by atoms with E-state index in [-0.39, 0.29) is 17.0 Å². The van der Waals surface area contributed by atoms with Gasteiger partial charge in [0.15, 0.2) is 0 Å². The van der Waals surface area contributed by atoms with Gasteiger partial charge in [0.05, 0.1) is 5.52 Å². The summed E-state index contributed by atoms with van der Waals surface area (Å²) in [6, 6.07) is 11.2. The Kier molecular flexibility index (Phi) is 6.01. The summed E-state index contributed by atoms with van der Waals surface area (Å²) >= 11 is 6.09. The minimum Gasteiger partial charge on any atom is -0.369 e. The highest BCUT2D eigenvalue weighted by molar-refractivity contribution is 6.30. The average molecular weight is 426 g/mol. The van der Waals surface area contributed by atoms with Crippen LogP contribution in [0.2, 0.25) is 5.02 Å². The van der Waals surface area contributed by atoms with Crippen LogP contribution < -0.4 is 15.8 Å². The number of hydrogen-bond acceptors (Lipinski definition) is 5. The van der Waals surface area contributed by atoms with Crippen LogP contribution in [0, 0.1) is 6.92 Å². The molecule has 1 aromatic carbocycles. The number of halogens is 1. The molecule has 0 unspecified atom stereocenters. The number of piperazine rings is 1. The van der Waals surface area contributed by atoms with Crippen LogP contribution in [0.1, 0.15) is 16.1 Å². The summed E-state index contributed by atoms with van der Waals surface area (Å²) < 4.78 is 0. The van der Waals surface area contributed by atoms with Crippen molar-refractivity contribution in [1.29, 1.82) is 0 Å². The van der Waals surface area contributed by atoms with Crippen LogP contribution in [0.5, 0.6) is 0 Å². The zero-order valence-corrected chi connectivity index (χ0v) is 17.6. The predicted octanol–water partition coefficient (Wildman–Crippen LogP) is 2.44. The smallest absolute Gasteiger partial charge is 0.261 e. The van der Waals surface area contributed by atoms with E-state index >= 15 is 0 Å². The number of amides is 1. The standard InChI is InChI=1S/C22H24ClN5O2/c1-15-18-14-19(22(30)26-20(18)5-6-24-15)21(29)25-7-8-27-9-11-28(12-10-27)17-4-2-3-16(23)13-17/h2-6,13-14H,7-12H2,1H3,(H,25,29)(H,26,30). The second kappa shape index (κ2) is 8.85. The van der Waals surface area contributed by atoms with E-state index in [1.54, 1.807) is 18.3 Å². The summed E-state index contributed by atoms with van der Waals surface area (Å²) in [5, 5.41) is 4.39. The molecule has 7 nitrogen and oxygen atoms in total. The summed E-state index contributed by atoms with van der Waals surface area (Å²) in [5.74, 6) is -0.362. The van der Waals surface area contributed by atoms with E-state index in [1.165, 1.54) is 0 Å². The molecule has 2 N–H and O–H groups in total. The Bertz CT molecular complexity index is 1120. The third-order valence-corrected chi connectivity index (χ3v) is 5.71. The van der Waals surface area contributed by atoms with Gasteiger partial charge in [0.2, 0.25) is 0 Å². The van der Waals surface area contributed by atoms with Crippen LogP contribution >= 0.6 is 11.6 Å². The fourth-order valence-corrected chi connectivity index (χ4v) is 3.95. The van der Waals surface area contributed by atoms with Crippen molar-refractivity contribution in [3.05, 3.63) is 69.2 Å². The summed E-state index contributed by atoms with van der Waals surface area (Å²) in [5.41, 5.74) is 2.32. The van der Waals surface area contributed by atoms with Gasteiger partial charge in [-0.25, -0.2) is 0 Å². The van der Waals surface area contributed by atoms with Crippen LogP contribution in [-0.4, -0.2) is 60.0 Å². The van der Waals surface area contributed by atoms with E-state index in [9.17, 15) is 9.59 Å². The minimum atomic E-state index is -0.388. The highest BCUT2D eigenvalue weighted by Crippen LogP contribution is 2.20. The van der Waals surface area contributed by atoms with Crippen LogP contribution in [0.15, 0.2) is 47.4 Å². The molecule has 0 aliphatic carbocycles. The molecule has 1 amide bonds. The second-order valence-corrected chi connectivity index (χ2v) is 7.87. The summed E-state index contributed by atoms with van der Waals surface area (Å²) in [6.07, 6.45) is 1.64. The number of anilines is 1. The number of H-pyrrole nitrogens is 1. The van der Waals surface area contributed by atoms with E-state index in [4.69, 9.17) is 11.6 Å². The van der Waals surface area contributed by atoms with E-state index < -0.39 is 0 Å². The van der Waals surface area contributed by atoms with Gasteiger partial charge < -0.3 is 15.2 Å². The van der Waals surface area contributed by atoms with Crippen molar-refractivity contribution in [2.24, 2.45) is 0 Å². The van der Waals surface area contributed by atoms with Gasteiger partial charge in [-0.05, 0) is 37.3 Å². The van der Waals surface area contributed by atoms with Crippen LogP contribution in [0.25, 0.3) is 10.9 Å². The number of aromatic amines is 1. The molecular formula is C22H24ClN5O2. The van der Waals surface area contributed by atoms with Gasteiger partial charge in [-0.1, -0.05) is 17.7 Å². The van der Waals surface area contributed by atoms with Crippen molar-refractivity contribution in [3.63, 3.8) is 0 Å². The van der Waals surface area contributed by atoms with E-state index in [0.29, 0.717) is 12.1 Å². The molecular weight excluding hydrogens is 402 g/mol. The number of nitrogens with zero attached hydrogens (tertiary/aromatic N) is 3. The molecule has 30 heavy (non-hydrogen) atoms. The summed E-state index contributed by atoms with van der Waals surface area (Å²) in [4.78, 5) is 36.4. The minimum absolute atomic E-state index is 0.115. The van der Waals surface area contributed by atoms with Crippen molar-refractivity contribution in [2.75, 3.05) is 44.2 Å². The molecule has 1 saturated heterocycles. The largest absolute Gasteiger partial charge is 0.369 e. The van der Waals surface area contributed by atoms with Crippen molar-refractivity contribution in [3.8, 4) is 0 Å². The van der Waals surface area contributed by atoms with E-state index in [2.05, 4.69) is 31.2 Å². The third kappa shape index (κ3) is 4.47. The highest BCUT2D eigenvalue weighted by Gasteiger charge is 2.18. The molecule has 1 fully saturated rings. The third-order valence-electron chi connectivity index (χ3n) is 5.47. The quantitative estimate of drug-likeness (QED) is 0.656. The molecule has 156 valence electrons. The number of benzene rings is 1. The maximum absolute atomic E-state index is 12.5. The summed E-state index contributed by atoms with van der Waals surface area (Å²) in [7, 11) is 0. The highest BCUT2D eigenvalue weighted by atomic mass is 35.5.